The molecular weight excluding hydrogens is 288 g/mol. The van der Waals surface area contributed by atoms with E-state index >= 15 is 0 Å². The highest BCUT2D eigenvalue weighted by Crippen LogP contribution is 2.27. The first-order valence-electron chi connectivity index (χ1n) is 8.25. The Bertz CT molecular complexity index is 331. The van der Waals surface area contributed by atoms with Crippen molar-refractivity contribution in [1.29, 1.82) is 0 Å². The summed E-state index contributed by atoms with van der Waals surface area (Å²) in [5, 5.41) is 17.9. The summed E-state index contributed by atoms with van der Waals surface area (Å²) in [6, 6.07) is 0. The Balaban J connectivity index is 1.52. The normalized spacial score (nSPS) is 32.5. The minimum absolute atomic E-state index is 0.155. The number of ether oxygens (including phenoxy) is 2. The molecule has 0 aromatic carbocycles. The van der Waals surface area contributed by atoms with Gasteiger partial charge in [-0.2, -0.15) is 0 Å². The second-order valence-electron chi connectivity index (χ2n) is 6.37. The number of hydrogen-bond acceptors (Lipinski definition) is 4. The lowest BCUT2D eigenvalue weighted by Crippen LogP contribution is -2.29. The van der Waals surface area contributed by atoms with Crippen molar-refractivity contribution in [3.8, 4) is 0 Å². The molecule has 0 aromatic heterocycles. The Morgan fingerprint density at radius 1 is 0.682 bits per heavy atom. The van der Waals surface area contributed by atoms with E-state index in [4.69, 9.17) is 19.7 Å². The molecule has 0 aliphatic heterocycles. The molecule has 0 heterocycles. The van der Waals surface area contributed by atoms with E-state index in [0.717, 1.165) is 25.7 Å². The van der Waals surface area contributed by atoms with Crippen molar-refractivity contribution in [2.45, 2.75) is 63.6 Å². The Hall–Kier alpha value is -1.14. The van der Waals surface area contributed by atoms with E-state index in [1.807, 2.05) is 0 Å². The average molecular weight is 314 g/mol. The smallest absolute Gasteiger partial charge is 0.306 e. The summed E-state index contributed by atoms with van der Waals surface area (Å²) in [5.74, 6) is -1.81. The van der Waals surface area contributed by atoms with E-state index in [2.05, 4.69) is 0 Å². The lowest BCUT2D eigenvalue weighted by Gasteiger charge is -2.28. The molecule has 6 heteroatoms. The van der Waals surface area contributed by atoms with E-state index in [1.165, 1.54) is 0 Å². The van der Waals surface area contributed by atoms with Crippen LogP contribution in [0.5, 0.6) is 0 Å². The van der Waals surface area contributed by atoms with Crippen LogP contribution in [-0.4, -0.2) is 47.6 Å². The van der Waals surface area contributed by atoms with Gasteiger partial charge < -0.3 is 19.7 Å². The SMILES string of the molecule is O=C(O)C1CCC(OCCOC2CCC(C(=O)O)CC2)CC1. The maximum absolute atomic E-state index is 10.9. The summed E-state index contributed by atoms with van der Waals surface area (Å²) in [5.41, 5.74) is 0. The molecule has 0 atom stereocenters. The highest BCUT2D eigenvalue weighted by Gasteiger charge is 2.27. The molecule has 0 aromatic rings. The molecule has 0 unspecified atom stereocenters. The fourth-order valence-corrected chi connectivity index (χ4v) is 3.38. The van der Waals surface area contributed by atoms with Crippen molar-refractivity contribution >= 4 is 11.9 Å². The van der Waals surface area contributed by atoms with E-state index in [0.29, 0.717) is 38.9 Å². The molecule has 2 saturated carbocycles. The largest absolute Gasteiger partial charge is 0.481 e. The van der Waals surface area contributed by atoms with E-state index in [9.17, 15) is 9.59 Å². The number of carboxylic acids is 2. The van der Waals surface area contributed by atoms with Gasteiger partial charge in [-0.1, -0.05) is 0 Å². The predicted octanol–water partition coefficient (Wildman–Crippen LogP) is 2.31. The lowest BCUT2D eigenvalue weighted by atomic mass is 9.87. The number of hydrogen-bond donors (Lipinski definition) is 2. The first-order valence-corrected chi connectivity index (χ1v) is 8.25. The second kappa shape index (κ2) is 8.48. The van der Waals surface area contributed by atoms with Gasteiger partial charge in [0.1, 0.15) is 0 Å². The zero-order chi connectivity index (χ0) is 15.9. The lowest BCUT2D eigenvalue weighted by molar-refractivity contribution is -0.145. The van der Waals surface area contributed by atoms with Crippen LogP contribution in [-0.2, 0) is 19.1 Å². The number of carbonyl (C=O) groups is 2. The predicted molar refractivity (Wildman–Crippen MR) is 78.7 cm³/mol. The van der Waals surface area contributed by atoms with E-state index in [1.54, 1.807) is 0 Å². The van der Waals surface area contributed by atoms with Gasteiger partial charge in [-0.3, -0.25) is 9.59 Å². The van der Waals surface area contributed by atoms with Crippen LogP contribution >= 0.6 is 0 Å². The quantitative estimate of drug-likeness (QED) is 0.700. The summed E-state index contributed by atoms with van der Waals surface area (Å²) in [6.07, 6.45) is 6.31. The molecule has 2 aliphatic carbocycles. The molecule has 0 amide bonds. The highest BCUT2D eigenvalue weighted by atomic mass is 16.5. The first kappa shape index (κ1) is 17.2. The highest BCUT2D eigenvalue weighted by molar-refractivity contribution is 5.70. The molecule has 2 N–H and O–H groups in total. The van der Waals surface area contributed by atoms with Crippen molar-refractivity contribution < 1.29 is 29.3 Å². The molecule has 2 fully saturated rings. The summed E-state index contributed by atoms with van der Waals surface area (Å²) >= 11 is 0. The van der Waals surface area contributed by atoms with Crippen molar-refractivity contribution in [2.24, 2.45) is 11.8 Å². The van der Waals surface area contributed by atoms with Gasteiger partial charge in [0.05, 0.1) is 37.3 Å². The van der Waals surface area contributed by atoms with Gasteiger partial charge in [0.25, 0.3) is 0 Å². The van der Waals surface area contributed by atoms with Crippen LogP contribution in [0.4, 0.5) is 0 Å². The standard InChI is InChI=1S/C16H26O6/c17-15(18)11-1-5-13(6-2-11)21-9-10-22-14-7-3-12(4-8-14)16(19)20/h11-14H,1-10H2,(H,17,18)(H,19,20). The van der Waals surface area contributed by atoms with Gasteiger partial charge in [0.15, 0.2) is 0 Å². The molecule has 2 rings (SSSR count). The molecular formula is C16H26O6. The monoisotopic (exact) mass is 314 g/mol. The second-order valence-corrected chi connectivity index (χ2v) is 6.37. The van der Waals surface area contributed by atoms with Crippen molar-refractivity contribution in [3.63, 3.8) is 0 Å². The van der Waals surface area contributed by atoms with Crippen LogP contribution in [0, 0.1) is 11.8 Å². The van der Waals surface area contributed by atoms with Crippen LogP contribution in [0.3, 0.4) is 0 Å². The maximum atomic E-state index is 10.9. The van der Waals surface area contributed by atoms with E-state index in [-0.39, 0.29) is 24.0 Å². The minimum atomic E-state index is -0.696. The summed E-state index contributed by atoms with van der Waals surface area (Å²) in [6.45, 7) is 1.06. The minimum Gasteiger partial charge on any atom is -0.481 e. The molecule has 6 nitrogen and oxygen atoms in total. The Labute approximate surface area is 130 Å². The molecule has 0 bridgehead atoms. The Morgan fingerprint density at radius 3 is 1.27 bits per heavy atom. The maximum Gasteiger partial charge on any atom is 0.306 e. The fraction of sp³-hybridized carbons (Fsp3) is 0.875. The fourth-order valence-electron chi connectivity index (χ4n) is 3.38. The van der Waals surface area contributed by atoms with Crippen LogP contribution in [0.2, 0.25) is 0 Å². The number of aliphatic carboxylic acids is 2. The number of carboxylic acid groups (broad SMARTS) is 2. The van der Waals surface area contributed by atoms with Crippen LogP contribution in [0.15, 0.2) is 0 Å². The van der Waals surface area contributed by atoms with E-state index < -0.39 is 11.9 Å². The number of rotatable bonds is 7. The third-order valence-electron chi connectivity index (χ3n) is 4.84. The van der Waals surface area contributed by atoms with Gasteiger partial charge in [0, 0.05) is 0 Å². The van der Waals surface area contributed by atoms with Crippen molar-refractivity contribution in [1.82, 2.24) is 0 Å². The van der Waals surface area contributed by atoms with Crippen molar-refractivity contribution in [2.75, 3.05) is 13.2 Å². The van der Waals surface area contributed by atoms with Crippen LogP contribution < -0.4 is 0 Å². The molecule has 22 heavy (non-hydrogen) atoms. The zero-order valence-corrected chi connectivity index (χ0v) is 12.9. The Morgan fingerprint density at radius 2 is 1.00 bits per heavy atom. The molecule has 126 valence electrons. The van der Waals surface area contributed by atoms with Crippen LogP contribution in [0.1, 0.15) is 51.4 Å². The third-order valence-corrected chi connectivity index (χ3v) is 4.84. The average Bonchev–Trinajstić information content (AvgIpc) is 2.52. The first-order chi connectivity index (χ1) is 10.6. The third kappa shape index (κ3) is 5.25. The Kier molecular flexibility index (Phi) is 6.64. The summed E-state index contributed by atoms with van der Waals surface area (Å²) in [4.78, 5) is 21.7. The van der Waals surface area contributed by atoms with Crippen LogP contribution in [0.25, 0.3) is 0 Å². The van der Waals surface area contributed by atoms with Gasteiger partial charge in [-0.05, 0) is 51.4 Å². The molecule has 2 aliphatic rings. The summed E-state index contributed by atoms with van der Waals surface area (Å²) in [7, 11) is 0. The molecule has 0 radical (unpaired) electrons. The zero-order valence-electron chi connectivity index (χ0n) is 12.9. The molecule has 0 saturated heterocycles. The van der Waals surface area contributed by atoms with Gasteiger partial charge in [-0.25, -0.2) is 0 Å². The van der Waals surface area contributed by atoms with Gasteiger partial charge in [0.2, 0.25) is 0 Å². The van der Waals surface area contributed by atoms with Crippen molar-refractivity contribution in [3.05, 3.63) is 0 Å². The topological polar surface area (TPSA) is 93.1 Å². The molecule has 0 spiro atoms. The van der Waals surface area contributed by atoms with Gasteiger partial charge >= 0.3 is 11.9 Å². The summed E-state index contributed by atoms with van der Waals surface area (Å²) < 4.78 is 11.5. The van der Waals surface area contributed by atoms with Gasteiger partial charge in [-0.15, -0.1) is 0 Å².